The van der Waals surface area contributed by atoms with E-state index < -0.39 is 0 Å². The molecular weight excluding hydrogens is 156 g/mol. The molecule has 0 aromatic heterocycles. The van der Waals surface area contributed by atoms with Crippen molar-refractivity contribution in [2.24, 2.45) is 16.7 Å². The van der Waals surface area contributed by atoms with Crippen molar-refractivity contribution >= 4 is 0 Å². The Hall–Kier alpha value is -0.440. The second-order valence-electron chi connectivity index (χ2n) is 5.15. The van der Waals surface area contributed by atoms with Gasteiger partial charge in [-0.1, -0.05) is 27.2 Å². The lowest BCUT2D eigenvalue weighted by atomic mass is 9.87. The molecular formula is C13H20. The van der Waals surface area contributed by atoms with Crippen LogP contribution in [0.4, 0.5) is 0 Å². The standard InChI is InChI=1S/C13H20/c1-4-11-12(2)9-7-5-6-8-10-13(11,12)3/h11H,4,7-10H2,1-3H3. The summed E-state index contributed by atoms with van der Waals surface area (Å²) in [5.41, 5.74) is 1.24. The van der Waals surface area contributed by atoms with Crippen LogP contribution in [-0.2, 0) is 0 Å². The first kappa shape index (κ1) is 9.13. The molecule has 2 aliphatic rings. The van der Waals surface area contributed by atoms with Crippen LogP contribution < -0.4 is 0 Å². The molecule has 0 aromatic rings. The van der Waals surface area contributed by atoms with Crippen molar-refractivity contribution < 1.29 is 0 Å². The minimum atomic E-state index is 0.622. The topological polar surface area (TPSA) is 0 Å². The van der Waals surface area contributed by atoms with Crippen molar-refractivity contribution in [1.29, 1.82) is 0 Å². The molecule has 0 radical (unpaired) electrons. The summed E-state index contributed by atoms with van der Waals surface area (Å²) in [6, 6.07) is 0. The quantitative estimate of drug-likeness (QED) is 0.535. The summed E-state index contributed by atoms with van der Waals surface area (Å²) in [5, 5.41) is 0. The van der Waals surface area contributed by atoms with E-state index in [0.29, 0.717) is 10.8 Å². The molecule has 2 unspecified atom stereocenters. The Morgan fingerprint density at radius 2 is 1.54 bits per heavy atom. The summed E-state index contributed by atoms with van der Waals surface area (Å²) in [6.45, 7) is 7.30. The van der Waals surface area contributed by atoms with Gasteiger partial charge in [-0.15, -0.1) is 11.8 Å². The number of rotatable bonds is 1. The summed E-state index contributed by atoms with van der Waals surface area (Å²) >= 11 is 0. The van der Waals surface area contributed by atoms with Gasteiger partial charge in [0, 0.05) is 12.8 Å². The molecule has 0 nitrogen and oxygen atoms in total. The van der Waals surface area contributed by atoms with Crippen LogP contribution in [0.15, 0.2) is 0 Å². The fourth-order valence-electron chi connectivity index (χ4n) is 3.72. The molecule has 13 heavy (non-hydrogen) atoms. The monoisotopic (exact) mass is 176 g/mol. The van der Waals surface area contributed by atoms with Gasteiger partial charge in [-0.05, 0) is 29.6 Å². The van der Waals surface area contributed by atoms with E-state index in [-0.39, 0.29) is 0 Å². The molecule has 0 heteroatoms. The Balaban J connectivity index is 2.19. The van der Waals surface area contributed by atoms with Gasteiger partial charge in [0.15, 0.2) is 0 Å². The van der Waals surface area contributed by atoms with E-state index in [1.54, 1.807) is 0 Å². The third-order valence-corrected chi connectivity index (χ3v) is 4.83. The molecule has 72 valence electrons. The predicted octanol–water partition coefficient (Wildman–Crippen LogP) is 3.62. The summed E-state index contributed by atoms with van der Waals surface area (Å²) in [4.78, 5) is 0. The molecule has 0 heterocycles. The first-order valence-electron chi connectivity index (χ1n) is 5.61. The van der Waals surface area contributed by atoms with Gasteiger partial charge in [-0.25, -0.2) is 0 Å². The van der Waals surface area contributed by atoms with Gasteiger partial charge in [0.05, 0.1) is 0 Å². The van der Waals surface area contributed by atoms with Crippen LogP contribution in [0.3, 0.4) is 0 Å². The average Bonchev–Trinajstić information content (AvgIpc) is 2.51. The van der Waals surface area contributed by atoms with Crippen LogP contribution in [0.25, 0.3) is 0 Å². The van der Waals surface area contributed by atoms with Crippen molar-refractivity contribution in [3.63, 3.8) is 0 Å². The maximum Gasteiger partial charge on any atom is 0.00941 e. The Morgan fingerprint density at radius 3 is 1.92 bits per heavy atom. The van der Waals surface area contributed by atoms with Crippen molar-refractivity contribution in [2.75, 3.05) is 0 Å². The zero-order valence-corrected chi connectivity index (χ0v) is 9.11. The third kappa shape index (κ3) is 1.06. The molecule has 2 atom stereocenters. The van der Waals surface area contributed by atoms with Crippen molar-refractivity contribution in [3.05, 3.63) is 0 Å². The highest BCUT2D eigenvalue weighted by Crippen LogP contribution is 2.74. The molecule has 1 fully saturated rings. The SMILES string of the molecule is CCC1C2(C)CCC#CCCC12C. The van der Waals surface area contributed by atoms with Gasteiger partial charge >= 0.3 is 0 Å². The Labute approximate surface area is 82.1 Å². The third-order valence-electron chi connectivity index (χ3n) is 4.83. The lowest BCUT2D eigenvalue weighted by Crippen LogP contribution is -2.08. The van der Waals surface area contributed by atoms with Crippen molar-refractivity contribution in [1.82, 2.24) is 0 Å². The molecule has 0 spiro atoms. The van der Waals surface area contributed by atoms with E-state index in [2.05, 4.69) is 32.6 Å². The van der Waals surface area contributed by atoms with Crippen LogP contribution in [0.5, 0.6) is 0 Å². The summed E-state index contributed by atoms with van der Waals surface area (Å²) in [5.74, 6) is 7.52. The Morgan fingerprint density at radius 1 is 1.08 bits per heavy atom. The normalized spacial score (nSPS) is 48.1. The lowest BCUT2D eigenvalue weighted by molar-refractivity contribution is 0.348. The van der Waals surface area contributed by atoms with Gasteiger partial charge in [0.25, 0.3) is 0 Å². The summed E-state index contributed by atoms with van der Waals surface area (Å²) in [6.07, 6.45) is 6.27. The van der Waals surface area contributed by atoms with Crippen LogP contribution in [0, 0.1) is 28.6 Å². The van der Waals surface area contributed by atoms with E-state index in [1.165, 1.54) is 19.3 Å². The zero-order valence-electron chi connectivity index (χ0n) is 9.11. The molecule has 0 aliphatic heterocycles. The predicted molar refractivity (Wildman–Crippen MR) is 56.2 cm³/mol. The Kier molecular flexibility index (Phi) is 1.95. The fourth-order valence-corrected chi connectivity index (χ4v) is 3.72. The van der Waals surface area contributed by atoms with Crippen LogP contribution >= 0.6 is 0 Å². The molecule has 0 aromatic carbocycles. The van der Waals surface area contributed by atoms with E-state index in [4.69, 9.17) is 0 Å². The highest BCUT2D eigenvalue weighted by atomic mass is 14.7. The van der Waals surface area contributed by atoms with E-state index in [0.717, 1.165) is 18.8 Å². The van der Waals surface area contributed by atoms with E-state index in [1.807, 2.05) is 0 Å². The van der Waals surface area contributed by atoms with Gasteiger partial charge in [0.1, 0.15) is 0 Å². The molecule has 0 saturated heterocycles. The van der Waals surface area contributed by atoms with Crippen molar-refractivity contribution in [3.8, 4) is 11.8 Å². The summed E-state index contributed by atoms with van der Waals surface area (Å²) < 4.78 is 0. The van der Waals surface area contributed by atoms with Crippen LogP contribution in [0.2, 0.25) is 0 Å². The van der Waals surface area contributed by atoms with Gasteiger partial charge < -0.3 is 0 Å². The van der Waals surface area contributed by atoms with E-state index >= 15 is 0 Å². The number of hydrogen-bond donors (Lipinski definition) is 0. The molecule has 2 rings (SSSR count). The molecule has 0 N–H and O–H groups in total. The van der Waals surface area contributed by atoms with Gasteiger partial charge in [-0.2, -0.15) is 0 Å². The molecule has 2 aliphatic carbocycles. The minimum Gasteiger partial charge on any atom is -0.103 e. The lowest BCUT2D eigenvalue weighted by Gasteiger charge is -2.17. The van der Waals surface area contributed by atoms with Crippen LogP contribution in [-0.4, -0.2) is 0 Å². The second-order valence-corrected chi connectivity index (χ2v) is 5.15. The smallest absolute Gasteiger partial charge is 0.00941 e. The first-order chi connectivity index (χ1) is 6.15. The molecule has 1 saturated carbocycles. The van der Waals surface area contributed by atoms with Gasteiger partial charge in [-0.3, -0.25) is 0 Å². The maximum atomic E-state index is 3.28. The highest BCUT2D eigenvalue weighted by molar-refractivity contribution is 5.20. The van der Waals surface area contributed by atoms with Gasteiger partial charge in [0.2, 0.25) is 0 Å². The number of hydrogen-bond acceptors (Lipinski definition) is 0. The Bertz CT molecular complexity index is 243. The maximum absolute atomic E-state index is 3.28. The second kappa shape index (κ2) is 2.77. The fraction of sp³-hybridized carbons (Fsp3) is 0.846. The van der Waals surface area contributed by atoms with E-state index in [9.17, 15) is 0 Å². The minimum absolute atomic E-state index is 0.622. The highest BCUT2D eigenvalue weighted by Gasteiger charge is 2.67. The molecule has 0 bridgehead atoms. The number of fused-ring (bicyclic) bond motifs is 1. The summed E-state index contributed by atoms with van der Waals surface area (Å²) in [7, 11) is 0. The van der Waals surface area contributed by atoms with Crippen LogP contribution in [0.1, 0.15) is 52.9 Å². The zero-order chi connectivity index (χ0) is 9.53. The largest absolute Gasteiger partial charge is 0.103 e. The molecule has 0 amide bonds. The van der Waals surface area contributed by atoms with Crippen molar-refractivity contribution in [2.45, 2.75) is 52.9 Å². The average molecular weight is 176 g/mol. The first-order valence-corrected chi connectivity index (χ1v) is 5.61.